The maximum Gasteiger partial charge on any atom is 0.348 e. The van der Waals surface area contributed by atoms with Crippen molar-refractivity contribution in [1.82, 2.24) is 0 Å². The third-order valence-corrected chi connectivity index (χ3v) is 10.5. The summed E-state index contributed by atoms with van der Waals surface area (Å²) >= 11 is 0. The second-order valence-corrected chi connectivity index (χ2v) is 12.5. The maximum absolute atomic E-state index is 13.6. The zero-order valence-electron chi connectivity index (χ0n) is 23.9. The van der Waals surface area contributed by atoms with Gasteiger partial charge in [-0.05, 0) is 43.1 Å². The van der Waals surface area contributed by atoms with Gasteiger partial charge in [-0.2, -0.15) is 0 Å². The molecule has 3 aliphatic carbocycles. The number of ketones is 1. The van der Waals surface area contributed by atoms with Crippen LogP contribution in [-0.4, -0.2) is 84.7 Å². The summed E-state index contributed by atoms with van der Waals surface area (Å²) in [6, 6.07) is 0. The van der Waals surface area contributed by atoms with E-state index in [4.69, 9.17) is 23.7 Å². The van der Waals surface area contributed by atoms with Gasteiger partial charge < -0.3 is 33.9 Å². The SMILES string of the molecule is COC(=O)C12OCC34C(CC5C(C)=C(OC)C(=O)CC5(C)C3C(O)C1O)OC(=O)C(OC(=O)C=C(C)C(C)C)C24. The van der Waals surface area contributed by atoms with E-state index in [1.165, 1.54) is 13.2 Å². The van der Waals surface area contributed by atoms with Crippen LogP contribution >= 0.6 is 0 Å². The first kappa shape index (κ1) is 28.8. The Morgan fingerprint density at radius 1 is 1.15 bits per heavy atom. The lowest BCUT2D eigenvalue weighted by molar-refractivity contribution is -0.290. The smallest absolute Gasteiger partial charge is 0.348 e. The quantitative estimate of drug-likeness (QED) is 0.282. The van der Waals surface area contributed by atoms with Gasteiger partial charge in [-0.3, -0.25) is 4.79 Å². The van der Waals surface area contributed by atoms with E-state index >= 15 is 0 Å². The van der Waals surface area contributed by atoms with Gasteiger partial charge in [-0.25, -0.2) is 14.4 Å². The first-order valence-electron chi connectivity index (χ1n) is 13.7. The van der Waals surface area contributed by atoms with Gasteiger partial charge in [0, 0.05) is 23.8 Å². The van der Waals surface area contributed by atoms with E-state index in [1.54, 1.807) is 13.8 Å². The van der Waals surface area contributed by atoms with Crippen molar-refractivity contribution >= 4 is 23.7 Å². The molecule has 2 N–H and O–H groups in total. The summed E-state index contributed by atoms with van der Waals surface area (Å²) in [4.78, 5) is 53.3. The van der Waals surface area contributed by atoms with Gasteiger partial charge in [0.2, 0.25) is 11.7 Å². The van der Waals surface area contributed by atoms with E-state index in [0.717, 1.165) is 7.11 Å². The van der Waals surface area contributed by atoms with Crippen molar-refractivity contribution in [1.29, 1.82) is 0 Å². The Bertz CT molecular complexity index is 1220. The van der Waals surface area contributed by atoms with Crippen molar-refractivity contribution in [3.8, 4) is 0 Å². The van der Waals surface area contributed by atoms with E-state index < -0.39 is 70.6 Å². The summed E-state index contributed by atoms with van der Waals surface area (Å²) < 4.78 is 28.3. The number of Topliss-reactive ketones (excluding diaryl/α,β-unsaturated/α-hetero) is 1. The molecule has 0 aromatic heterocycles. The number of methoxy groups -OCH3 is 2. The van der Waals surface area contributed by atoms with Crippen LogP contribution in [0.1, 0.15) is 47.5 Å². The van der Waals surface area contributed by atoms with Crippen molar-refractivity contribution in [2.75, 3.05) is 20.8 Å². The molecule has 0 radical (unpaired) electrons. The summed E-state index contributed by atoms with van der Waals surface area (Å²) in [7, 11) is 2.53. The minimum atomic E-state index is -2.20. The number of rotatable bonds is 5. The van der Waals surface area contributed by atoms with E-state index in [-0.39, 0.29) is 42.8 Å². The van der Waals surface area contributed by atoms with Gasteiger partial charge >= 0.3 is 17.9 Å². The molecule has 0 aromatic carbocycles. The van der Waals surface area contributed by atoms with Gasteiger partial charge in [0.1, 0.15) is 12.2 Å². The first-order chi connectivity index (χ1) is 18.7. The minimum Gasteiger partial charge on any atom is -0.493 e. The van der Waals surface area contributed by atoms with Crippen LogP contribution in [0.5, 0.6) is 0 Å². The molecule has 4 fully saturated rings. The molecule has 2 aliphatic heterocycles. The highest BCUT2D eigenvalue weighted by Crippen LogP contribution is 2.72. The summed E-state index contributed by atoms with van der Waals surface area (Å²) in [6.07, 6.45) is -4.35. The third kappa shape index (κ3) is 3.46. The van der Waals surface area contributed by atoms with Crippen molar-refractivity contribution in [3.63, 3.8) is 0 Å². The van der Waals surface area contributed by atoms with Crippen LogP contribution in [0.15, 0.2) is 23.0 Å². The zero-order chi connectivity index (χ0) is 29.5. The molecule has 5 rings (SSSR count). The van der Waals surface area contributed by atoms with Crippen LogP contribution in [0.3, 0.4) is 0 Å². The van der Waals surface area contributed by atoms with Crippen LogP contribution in [-0.2, 0) is 42.9 Å². The molecule has 1 spiro atoms. The van der Waals surface area contributed by atoms with Gasteiger partial charge in [0.15, 0.2) is 11.5 Å². The Morgan fingerprint density at radius 3 is 2.42 bits per heavy atom. The molecule has 11 nitrogen and oxygen atoms in total. The van der Waals surface area contributed by atoms with Crippen LogP contribution in [0.2, 0.25) is 0 Å². The van der Waals surface area contributed by atoms with E-state index in [9.17, 15) is 29.4 Å². The Kier molecular flexibility index (Phi) is 6.75. The lowest BCUT2D eigenvalue weighted by Gasteiger charge is -2.67. The van der Waals surface area contributed by atoms with Crippen molar-refractivity contribution in [3.05, 3.63) is 23.0 Å². The normalized spacial score (nSPS) is 44.0. The highest BCUT2D eigenvalue weighted by Gasteiger charge is 2.85. The number of ether oxygens (including phenoxy) is 5. The van der Waals surface area contributed by atoms with Gasteiger partial charge in [0.25, 0.3) is 0 Å². The maximum atomic E-state index is 13.6. The monoisotopic (exact) mass is 562 g/mol. The number of aliphatic hydroxyl groups is 2. The third-order valence-electron chi connectivity index (χ3n) is 10.5. The second kappa shape index (κ2) is 9.39. The second-order valence-electron chi connectivity index (χ2n) is 12.5. The molecule has 220 valence electrons. The molecule has 40 heavy (non-hydrogen) atoms. The minimum absolute atomic E-state index is 0.00619. The lowest BCUT2D eigenvalue weighted by atomic mass is 9.38. The number of hydrogen-bond donors (Lipinski definition) is 2. The number of carbonyl (C=O) groups excluding carboxylic acids is 4. The molecule has 0 amide bonds. The Balaban J connectivity index is 1.70. The number of fused-ring (bicyclic) bond motifs is 2. The summed E-state index contributed by atoms with van der Waals surface area (Å²) in [6.45, 7) is 9.02. The molecule has 2 bridgehead atoms. The van der Waals surface area contributed by atoms with Crippen LogP contribution in [0.25, 0.3) is 0 Å². The lowest BCUT2D eigenvalue weighted by Crippen LogP contribution is -2.79. The van der Waals surface area contributed by atoms with Gasteiger partial charge in [-0.15, -0.1) is 0 Å². The largest absolute Gasteiger partial charge is 0.493 e. The fourth-order valence-electron chi connectivity index (χ4n) is 8.63. The van der Waals surface area contributed by atoms with Crippen molar-refractivity contribution < 1.29 is 53.1 Å². The molecule has 10 unspecified atom stereocenters. The Morgan fingerprint density at radius 2 is 1.82 bits per heavy atom. The predicted molar refractivity (Wildman–Crippen MR) is 136 cm³/mol. The van der Waals surface area contributed by atoms with Crippen LogP contribution in [0, 0.1) is 34.5 Å². The first-order valence-corrected chi connectivity index (χ1v) is 13.7. The molecule has 10 atom stereocenters. The van der Waals surface area contributed by atoms with Crippen molar-refractivity contribution in [2.45, 2.75) is 77.5 Å². The fraction of sp³-hybridized carbons (Fsp3) is 0.724. The standard InChI is InChI=1S/C29H38O11/c1-12(2)13(3)8-18(31)40-21-23-28-11-38-29(23,26(35)37-7)24(33)19(32)22(28)27(5)10-16(30)20(36-6)14(4)15(27)9-17(28)39-25(21)34/h8,12,15,17,19,21-24,32-33H,9-11H2,1-7H3. The van der Waals surface area contributed by atoms with Gasteiger partial charge in [0.05, 0.1) is 32.8 Å². The Hall–Kier alpha value is -2.76. The molecule has 2 saturated heterocycles. The number of carbonyl (C=O) groups is 4. The number of esters is 3. The molecule has 0 aromatic rings. The zero-order valence-corrected chi connectivity index (χ0v) is 23.9. The molecule has 2 heterocycles. The fourth-order valence-corrected chi connectivity index (χ4v) is 8.63. The van der Waals surface area contributed by atoms with E-state index in [0.29, 0.717) is 11.1 Å². The van der Waals surface area contributed by atoms with E-state index in [2.05, 4.69) is 0 Å². The number of aliphatic hydroxyl groups excluding tert-OH is 2. The summed E-state index contributed by atoms with van der Waals surface area (Å²) in [5.74, 6) is -5.11. The number of allylic oxidation sites excluding steroid dienone is 3. The molecule has 11 heteroatoms. The average molecular weight is 563 g/mol. The van der Waals surface area contributed by atoms with E-state index in [1.807, 2.05) is 20.8 Å². The topological polar surface area (TPSA) is 155 Å². The number of hydrogen-bond acceptors (Lipinski definition) is 11. The molecular weight excluding hydrogens is 524 g/mol. The molecule has 5 aliphatic rings. The molecular formula is C29H38O11. The highest BCUT2D eigenvalue weighted by atomic mass is 16.6. The summed E-state index contributed by atoms with van der Waals surface area (Å²) in [5, 5.41) is 23.4. The Labute approximate surface area is 232 Å². The van der Waals surface area contributed by atoms with Crippen LogP contribution in [0.4, 0.5) is 0 Å². The molecule has 2 saturated carbocycles. The predicted octanol–water partition coefficient (Wildman–Crippen LogP) is 1.24. The van der Waals surface area contributed by atoms with Crippen molar-refractivity contribution in [2.24, 2.45) is 34.5 Å². The van der Waals surface area contributed by atoms with Gasteiger partial charge in [-0.1, -0.05) is 26.3 Å². The average Bonchev–Trinajstić information content (AvgIpc) is 3.19. The van der Waals surface area contributed by atoms with Crippen LogP contribution < -0.4 is 0 Å². The highest BCUT2D eigenvalue weighted by molar-refractivity contribution is 5.96. The summed E-state index contributed by atoms with van der Waals surface area (Å²) in [5.41, 5.74) is -3.01.